The van der Waals surface area contributed by atoms with Crippen molar-refractivity contribution in [2.24, 2.45) is 0 Å². The maximum Gasteiger partial charge on any atom is 0.277 e. The topological polar surface area (TPSA) is 104 Å². The van der Waals surface area contributed by atoms with Gasteiger partial charge in [-0.25, -0.2) is 4.98 Å². The second kappa shape index (κ2) is 7.20. The van der Waals surface area contributed by atoms with Gasteiger partial charge < -0.3 is 10.3 Å². The molecule has 144 valence electrons. The lowest BCUT2D eigenvalue weighted by atomic mass is 10.1. The number of aryl methyl sites for hydroxylation is 1. The molecular formula is C22H18N4O3. The number of hydrogen-bond acceptors (Lipinski definition) is 5. The summed E-state index contributed by atoms with van der Waals surface area (Å²) in [6, 6.07) is 19.3. The van der Waals surface area contributed by atoms with Crippen LogP contribution in [0.5, 0.6) is 0 Å². The number of hydrogen-bond donors (Lipinski definition) is 1. The minimum atomic E-state index is -0.519. The summed E-state index contributed by atoms with van der Waals surface area (Å²) in [5, 5.41) is 11.2. The van der Waals surface area contributed by atoms with Crippen molar-refractivity contribution in [1.82, 2.24) is 9.55 Å². The average Bonchev–Trinajstić information content (AvgIpc) is 2.70. The first-order valence-electron chi connectivity index (χ1n) is 9.03. The standard InChI is InChI=1S/C22H18N4O3/c1-14-5-4-6-15(11-14)13-25-20-8-3-2-7-19(20)24-21(22(25)27)17-12-16(26(28)29)9-10-18(17)23/h2-12H,13,23H2,1H3. The molecule has 4 rings (SSSR count). The normalized spacial score (nSPS) is 10.9. The van der Waals surface area contributed by atoms with Gasteiger partial charge in [-0.2, -0.15) is 0 Å². The van der Waals surface area contributed by atoms with E-state index >= 15 is 0 Å². The summed E-state index contributed by atoms with van der Waals surface area (Å²) >= 11 is 0. The summed E-state index contributed by atoms with van der Waals surface area (Å²) < 4.78 is 1.63. The van der Waals surface area contributed by atoms with Gasteiger partial charge in [0.25, 0.3) is 11.2 Å². The maximum absolute atomic E-state index is 13.4. The number of nitro benzene ring substituents is 1. The van der Waals surface area contributed by atoms with Crippen LogP contribution in [0.3, 0.4) is 0 Å². The fraction of sp³-hybridized carbons (Fsp3) is 0.0909. The van der Waals surface area contributed by atoms with Crippen LogP contribution < -0.4 is 11.3 Å². The lowest BCUT2D eigenvalue weighted by molar-refractivity contribution is -0.384. The monoisotopic (exact) mass is 386 g/mol. The van der Waals surface area contributed by atoms with Crippen molar-refractivity contribution in [3.63, 3.8) is 0 Å². The third-order valence-corrected chi connectivity index (χ3v) is 4.78. The SMILES string of the molecule is Cc1cccc(Cn2c(=O)c(-c3cc([N+](=O)[O-])ccc3N)nc3ccccc32)c1. The zero-order valence-electron chi connectivity index (χ0n) is 15.7. The van der Waals surface area contributed by atoms with Gasteiger partial charge >= 0.3 is 0 Å². The van der Waals surface area contributed by atoms with Crippen LogP contribution in [0.4, 0.5) is 11.4 Å². The van der Waals surface area contributed by atoms with E-state index in [1.54, 1.807) is 10.6 Å². The van der Waals surface area contributed by atoms with E-state index in [9.17, 15) is 14.9 Å². The molecule has 0 atom stereocenters. The number of rotatable bonds is 4. The quantitative estimate of drug-likeness (QED) is 0.325. The minimum Gasteiger partial charge on any atom is -0.398 e. The zero-order chi connectivity index (χ0) is 20.5. The van der Waals surface area contributed by atoms with Crippen molar-refractivity contribution in [3.8, 4) is 11.3 Å². The first kappa shape index (κ1) is 18.4. The van der Waals surface area contributed by atoms with Crippen molar-refractivity contribution < 1.29 is 4.92 Å². The number of aromatic nitrogens is 2. The number of nitrogen functional groups attached to an aromatic ring is 1. The van der Waals surface area contributed by atoms with Gasteiger partial charge in [-0.1, -0.05) is 42.0 Å². The van der Waals surface area contributed by atoms with Crippen LogP contribution in [-0.2, 0) is 6.54 Å². The van der Waals surface area contributed by atoms with E-state index in [1.807, 2.05) is 49.4 Å². The van der Waals surface area contributed by atoms with Gasteiger partial charge in [0.15, 0.2) is 0 Å². The van der Waals surface area contributed by atoms with Gasteiger partial charge in [-0.3, -0.25) is 14.9 Å². The lowest BCUT2D eigenvalue weighted by Crippen LogP contribution is -2.24. The summed E-state index contributed by atoms with van der Waals surface area (Å²) in [4.78, 5) is 28.5. The maximum atomic E-state index is 13.4. The van der Waals surface area contributed by atoms with Crippen LogP contribution in [0, 0.1) is 17.0 Å². The molecule has 0 saturated carbocycles. The Morgan fingerprint density at radius 1 is 1.07 bits per heavy atom. The number of fused-ring (bicyclic) bond motifs is 1. The number of benzene rings is 3. The molecule has 3 aromatic carbocycles. The number of nitrogens with zero attached hydrogens (tertiary/aromatic N) is 3. The summed E-state index contributed by atoms with van der Waals surface area (Å²) in [6.07, 6.45) is 0. The second-order valence-electron chi connectivity index (χ2n) is 6.86. The molecule has 29 heavy (non-hydrogen) atoms. The number of non-ortho nitro benzene ring substituents is 1. The van der Waals surface area contributed by atoms with E-state index in [4.69, 9.17) is 5.73 Å². The summed E-state index contributed by atoms with van der Waals surface area (Å²) in [7, 11) is 0. The highest BCUT2D eigenvalue weighted by atomic mass is 16.6. The van der Waals surface area contributed by atoms with Gasteiger partial charge in [0.1, 0.15) is 5.69 Å². The molecule has 0 spiro atoms. The molecular weight excluding hydrogens is 368 g/mol. The lowest BCUT2D eigenvalue weighted by Gasteiger charge is -2.14. The second-order valence-corrected chi connectivity index (χ2v) is 6.86. The van der Waals surface area contributed by atoms with E-state index < -0.39 is 4.92 Å². The Hall–Kier alpha value is -4.00. The van der Waals surface area contributed by atoms with Crippen molar-refractivity contribution in [2.45, 2.75) is 13.5 Å². The Balaban J connectivity index is 1.98. The highest BCUT2D eigenvalue weighted by Crippen LogP contribution is 2.28. The number of nitro groups is 1. The fourth-order valence-corrected chi connectivity index (χ4v) is 3.38. The third kappa shape index (κ3) is 3.45. The van der Waals surface area contributed by atoms with Crippen molar-refractivity contribution in [1.29, 1.82) is 0 Å². The van der Waals surface area contributed by atoms with Crippen LogP contribution in [-0.4, -0.2) is 14.5 Å². The molecule has 0 aliphatic carbocycles. The van der Waals surface area contributed by atoms with Crippen LogP contribution >= 0.6 is 0 Å². The molecule has 0 bridgehead atoms. The zero-order valence-corrected chi connectivity index (χ0v) is 15.7. The van der Waals surface area contributed by atoms with Crippen LogP contribution in [0.2, 0.25) is 0 Å². The van der Waals surface area contributed by atoms with E-state index in [0.29, 0.717) is 17.6 Å². The number of nitrogens with two attached hydrogens (primary N) is 1. The first-order valence-corrected chi connectivity index (χ1v) is 9.03. The molecule has 1 heterocycles. The van der Waals surface area contributed by atoms with Crippen molar-refractivity contribution in [2.75, 3.05) is 5.73 Å². The van der Waals surface area contributed by atoms with Crippen molar-refractivity contribution >= 4 is 22.4 Å². The Morgan fingerprint density at radius 3 is 2.62 bits per heavy atom. The van der Waals surface area contributed by atoms with Crippen molar-refractivity contribution in [3.05, 3.63) is 98.3 Å². The molecule has 0 amide bonds. The van der Waals surface area contributed by atoms with Gasteiger partial charge in [-0.15, -0.1) is 0 Å². The van der Waals surface area contributed by atoms with Gasteiger partial charge in [-0.05, 0) is 30.7 Å². The van der Waals surface area contributed by atoms with E-state index in [2.05, 4.69) is 4.98 Å². The molecule has 1 aromatic heterocycles. The molecule has 0 saturated heterocycles. The Bertz CT molecular complexity index is 1310. The Kier molecular flexibility index (Phi) is 4.56. The fourth-order valence-electron chi connectivity index (χ4n) is 3.38. The number of para-hydroxylation sites is 2. The van der Waals surface area contributed by atoms with Crippen LogP contribution in [0.15, 0.2) is 71.5 Å². The molecule has 7 heteroatoms. The third-order valence-electron chi connectivity index (χ3n) is 4.78. The number of anilines is 1. The Morgan fingerprint density at radius 2 is 1.86 bits per heavy atom. The molecule has 4 aromatic rings. The smallest absolute Gasteiger partial charge is 0.277 e. The summed E-state index contributed by atoms with van der Waals surface area (Å²) in [6.45, 7) is 2.34. The predicted molar refractivity (Wildman–Crippen MR) is 113 cm³/mol. The largest absolute Gasteiger partial charge is 0.398 e. The molecule has 0 aliphatic rings. The van der Waals surface area contributed by atoms with Gasteiger partial charge in [0.2, 0.25) is 0 Å². The molecule has 0 aliphatic heterocycles. The Labute approximate surface area is 166 Å². The molecule has 7 nitrogen and oxygen atoms in total. The van der Waals surface area contributed by atoms with Crippen LogP contribution in [0.1, 0.15) is 11.1 Å². The van der Waals surface area contributed by atoms with E-state index in [0.717, 1.165) is 11.1 Å². The predicted octanol–water partition coefficient (Wildman–Crippen LogP) is 3.91. The summed E-state index contributed by atoms with van der Waals surface area (Å²) in [5.74, 6) is 0. The molecule has 2 N–H and O–H groups in total. The summed E-state index contributed by atoms with van der Waals surface area (Å²) in [5.41, 5.74) is 9.53. The van der Waals surface area contributed by atoms with Gasteiger partial charge in [0, 0.05) is 23.4 Å². The molecule has 0 fully saturated rings. The highest BCUT2D eigenvalue weighted by molar-refractivity contribution is 5.82. The highest BCUT2D eigenvalue weighted by Gasteiger charge is 2.18. The van der Waals surface area contributed by atoms with Crippen LogP contribution in [0.25, 0.3) is 22.3 Å². The first-order chi connectivity index (χ1) is 13.9. The minimum absolute atomic E-state index is 0.0950. The average molecular weight is 386 g/mol. The molecule has 0 unspecified atom stereocenters. The van der Waals surface area contributed by atoms with Gasteiger partial charge in [0.05, 0.1) is 22.5 Å². The van der Waals surface area contributed by atoms with E-state index in [-0.39, 0.29) is 28.2 Å². The molecule has 0 radical (unpaired) electrons. The van der Waals surface area contributed by atoms with E-state index in [1.165, 1.54) is 18.2 Å².